The zero-order valence-corrected chi connectivity index (χ0v) is 12.7. The van der Waals surface area contributed by atoms with E-state index in [1.807, 2.05) is 0 Å². The van der Waals surface area contributed by atoms with Crippen molar-refractivity contribution in [2.75, 3.05) is 33.7 Å². The standard InChI is InChI=1S/C16H31N3/c1-18-6-3-7-19(2)16(11-18)15(17)10-14-9-12-4-5-13(14)8-12/h12-16H,3-11,17H2,1-2H3. The Hall–Kier alpha value is -0.120. The molecular weight excluding hydrogens is 234 g/mol. The highest BCUT2D eigenvalue weighted by molar-refractivity contribution is 4.94. The largest absolute Gasteiger partial charge is 0.326 e. The van der Waals surface area contributed by atoms with Gasteiger partial charge in [-0.2, -0.15) is 0 Å². The molecule has 0 aromatic heterocycles. The van der Waals surface area contributed by atoms with E-state index in [2.05, 4.69) is 23.9 Å². The van der Waals surface area contributed by atoms with Gasteiger partial charge in [0.25, 0.3) is 0 Å². The van der Waals surface area contributed by atoms with E-state index >= 15 is 0 Å². The Morgan fingerprint density at radius 2 is 2.00 bits per heavy atom. The smallest absolute Gasteiger partial charge is 0.0371 e. The van der Waals surface area contributed by atoms with Gasteiger partial charge in [-0.05, 0) is 77.0 Å². The summed E-state index contributed by atoms with van der Waals surface area (Å²) in [5.74, 6) is 3.01. The lowest BCUT2D eigenvalue weighted by molar-refractivity contribution is 0.169. The Kier molecular flexibility index (Phi) is 4.16. The predicted molar refractivity (Wildman–Crippen MR) is 80.1 cm³/mol. The maximum atomic E-state index is 6.61. The highest BCUT2D eigenvalue weighted by atomic mass is 15.2. The summed E-state index contributed by atoms with van der Waals surface area (Å²) in [6, 6.07) is 0.932. The van der Waals surface area contributed by atoms with Gasteiger partial charge in [-0.3, -0.25) is 0 Å². The van der Waals surface area contributed by atoms with Crippen molar-refractivity contribution < 1.29 is 0 Å². The summed E-state index contributed by atoms with van der Waals surface area (Å²) in [4.78, 5) is 4.98. The maximum absolute atomic E-state index is 6.61. The lowest BCUT2D eigenvalue weighted by Crippen LogP contribution is -2.51. The van der Waals surface area contributed by atoms with Crippen LogP contribution in [0.2, 0.25) is 0 Å². The van der Waals surface area contributed by atoms with Crippen molar-refractivity contribution in [3.63, 3.8) is 0 Å². The normalized spacial score (nSPS) is 42.5. The Balaban J connectivity index is 1.57. The van der Waals surface area contributed by atoms with Crippen LogP contribution in [0.4, 0.5) is 0 Å². The highest BCUT2D eigenvalue weighted by Crippen LogP contribution is 2.49. The zero-order chi connectivity index (χ0) is 13.4. The van der Waals surface area contributed by atoms with Crippen LogP contribution in [0.1, 0.15) is 38.5 Å². The average Bonchev–Trinajstić information content (AvgIpc) is 2.93. The average molecular weight is 265 g/mol. The van der Waals surface area contributed by atoms with Gasteiger partial charge in [0, 0.05) is 18.6 Å². The van der Waals surface area contributed by atoms with Crippen LogP contribution < -0.4 is 5.73 Å². The van der Waals surface area contributed by atoms with Crippen LogP contribution in [0.25, 0.3) is 0 Å². The number of nitrogens with zero attached hydrogens (tertiary/aromatic N) is 2. The minimum absolute atomic E-state index is 0.370. The van der Waals surface area contributed by atoms with E-state index in [-0.39, 0.29) is 0 Å². The van der Waals surface area contributed by atoms with E-state index < -0.39 is 0 Å². The van der Waals surface area contributed by atoms with Crippen LogP contribution in [0.15, 0.2) is 0 Å². The van der Waals surface area contributed by atoms with Crippen LogP contribution in [-0.2, 0) is 0 Å². The number of rotatable bonds is 3. The third-order valence-corrected chi connectivity index (χ3v) is 6.07. The fraction of sp³-hybridized carbons (Fsp3) is 1.00. The molecule has 110 valence electrons. The molecule has 2 aliphatic carbocycles. The second-order valence-electron chi connectivity index (χ2n) is 7.50. The molecule has 2 N–H and O–H groups in total. The van der Waals surface area contributed by atoms with Gasteiger partial charge < -0.3 is 15.5 Å². The maximum Gasteiger partial charge on any atom is 0.0371 e. The first kappa shape index (κ1) is 13.8. The molecule has 1 heterocycles. The second-order valence-corrected chi connectivity index (χ2v) is 7.50. The lowest BCUT2D eigenvalue weighted by atomic mass is 9.82. The molecule has 1 saturated heterocycles. The van der Waals surface area contributed by atoms with Gasteiger partial charge in [0.2, 0.25) is 0 Å². The molecule has 0 aromatic carbocycles. The summed E-state index contributed by atoms with van der Waals surface area (Å²) in [7, 11) is 4.51. The molecule has 3 aliphatic rings. The highest BCUT2D eigenvalue weighted by Gasteiger charge is 2.41. The summed E-state index contributed by atoms with van der Waals surface area (Å²) in [5, 5.41) is 0. The van der Waals surface area contributed by atoms with Gasteiger partial charge in [-0.25, -0.2) is 0 Å². The number of hydrogen-bond acceptors (Lipinski definition) is 3. The molecule has 3 rings (SSSR count). The molecule has 0 spiro atoms. The molecule has 5 unspecified atom stereocenters. The van der Waals surface area contributed by atoms with Crippen molar-refractivity contribution in [3.05, 3.63) is 0 Å². The minimum Gasteiger partial charge on any atom is -0.326 e. The fourth-order valence-corrected chi connectivity index (χ4v) is 4.94. The third kappa shape index (κ3) is 2.98. The summed E-state index contributed by atoms with van der Waals surface area (Å²) in [5.41, 5.74) is 6.61. The fourth-order valence-electron chi connectivity index (χ4n) is 4.94. The predicted octanol–water partition coefficient (Wildman–Crippen LogP) is 1.78. The summed E-state index contributed by atoms with van der Waals surface area (Å²) < 4.78 is 0. The van der Waals surface area contributed by atoms with E-state index in [0.717, 1.165) is 24.3 Å². The minimum atomic E-state index is 0.370. The SMILES string of the molecule is CN1CCCN(C)C(C(N)CC2CC3CCC2C3)C1. The molecule has 1 aliphatic heterocycles. The van der Waals surface area contributed by atoms with Crippen molar-refractivity contribution in [3.8, 4) is 0 Å². The Morgan fingerprint density at radius 1 is 1.16 bits per heavy atom. The monoisotopic (exact) mass is 265 g/mol. The second kappa shape index (κ2) is 5.71. The lowest BCUT2D eigenvalue weighted by Gasteiger charge is -2.35. The van der Waals surface area contributed by atoms with Crippen molar-refractivity contribution in [1.29, 1.82) is 0 Å². The van der Waals surface area contributed by atoms with E-state index in [0.29, 0.717) is 12.1 Å². The van der Waals surface area contributed by atoms with Crippen molar-refractivity contribution >= 4 is 0 Å². The van der Waals surface area contributed by atoms with Crippen molar-refractivity contribution in [2.24, 2.45) is 23.5 Å². The Labute approximate surface area is 118 Å². The third-order valence-electron chi connectivity index (χ3n) is 6.07. The molecule has 3 nitrogen and oxygen atoms in total. The molecule has 3 fully saturated rings. The van der Waals surface area contributed by atoms with Crippen LogP contribution in [-0.4, -0.2) is 55.6 Å². The number of fused-ring (bicyclic) bond motifs is 2. The van der Waals surface area contributed by atoms with E-state index in [4.69, 9.17) is 5.73 Å². The number of likely N-dealkylation sites (N-methyl/N-ethyl adjacent to an activating group) is 2. The topological polar surface area (TPSA) is 32.5 Å². The van der Waals surface area contributed by atoms with Gasteiger partial charge in [0.05, 0.1) is 0 Å². The summed E-state index contributed by atoms with van der Waals surface area (Å²) in [6.45, 7) is 3.58. The summed E-state index contributed by atoms with van der Waals surface area (Å²) >= 11 is 0. The van der Waals surface area contributed by atoms with Crippen LogP contribution >= 0.6 is 0 Å². The first-order chi connectivity index (χ1) is 9.13. The van der Waals surface area contributed by atoms with Gasteiger partial charge >= 0.3 is 0 Å². The molecule has 19 heavy (non-hydrogen) atoms. The van der Waals surface area contributed by atoms with Crippen molar-refractivity contribution in [2.45, 2.75) is 50.6 Å². The van der Waals surface area contributed by atoms with Crippen LogP contribution in [0.3, 0.4) is 0 Å². The number of hydrogen-bond donors (Lipinski definition) is 1. The molecule has 3 heteroatoms. The molecule has 0 radical (unpaired) electrons. The molecule has 0 amide bonds. The van der Waals surface area contributed by atoms with Gasteiger partial charge in [-0.1, -0.05) is 6.42 Å². The van der Waals surface area contributed by atoms with Crippen molar-refractivity contribution in [1.82, 2.24) is 9.80 Å². The van der Waals surface area contributed by atoms with Gasteiger partial charge in [0.1, 0.15) is 0 Å². The zero-order valence-electron chi connectivity index (χ0n) is 12.7. The van der Waals surface area contributed by atoms with Gasteiger partial charge in [0.15, 0.2) is 0 Å². The summed E-state index contributed by atoms with van der Waals surface area (Å²) in [6.07, 6.45) is 8.53. The first-order valence-corrected chi connectivity index (χ1v) is 8.28. The van der Waals surface area contributed by atoms with E-state index in [1.54, 1.807) is 0 Å². The van der Waals surface area contributed by atoms with Gasteiger partial charge in [-0.15, -0.1) is 0 Å². The quantitative estimate of drug-likeness (QED) is 0.844. The van der Waals surface area contributed by atoms with Crippen LogP contribution in [0.5, 0.6) is 0 Å². The van der Waals surface area contributed by atoms with E-state index in [9.17, 15) is 0 Å². The van der Waals surface area contributed by atoms with Crippen LogP contribution in [0, 0.1) is 17.8 Å². The Morgan fingerprint density at radius 3 is 2.68 bits per heavy atom. The molecule has 5 atom stereocenters. The van der Waals surface area contributed by atoms with E-state index in [1.165, 1.54) is 51.6 Å². The molecule has 0 aromatic rings. The first-order valence-electron chi connectivity index (χ1n) is 8.28. The molecular formula is C16H31N3. The molecule has 2 bridgehead atoms. The number of nitrogens with two attached hydrogens (primary N) is 1. The molecule has 2 saturated carbocycles. The Bertz CT molecular complexity index is 306.